The molecule has 20 heavy (non-hydrogen) atoms. The Balaban J connectivity index is 2.31. The van der Waals surface area contributed by atoms with Gasteiger partial charge in [0, 0.05) is 11.8 Å². The topological polar surface area (TPSA) is 9.23 Å². The zero-order chi connectivity index (χ0) is 14.5. The fourth-order valence-electron chi connectivity index (χ4n) is 2.62. The average molecular weight is 289 g/mol. The molecule has 0 bridgehead atoms. The largest absolute Gasteiger partial charge is 0.496 e. The molecule has 0 fully saturated rings. The number of halogens is 1. The predicted molar refractivity (Wildman–Crippen MR) is 86.1 cm³/mol. The van der Waals surface area contributed by atoms with Crippen LogP contribution in [-0.4, -0.2) is 13.0 Å². The summed E-state index contributed by atoms with van der Waals surface area (Å²) in [7, 11) is 1.72. The highest BCUT2D eigenvalue weighted by atomic mass is 35.5. The minimum Gasteiger partial charge on any atom is -0.496 e. The minimum atomic E-state index is 0.313. The Bertz CT molecular complexity index is 577. The summed E-state index contributed by atoms with van der Waals surface area (Å²) in [6.07, 6.45) is 0.902. The Morgan fingerprint density at radius 1 is 1.10 bits per heavy atom. The van der Waals surface area contributed by atoms with E-state index in [9.17, 15) is 0 Å². The maximum Gasteiger partial charge on any atom is 0.122 e. The molecule has 0 aromatic heterocycles. The van der Waals surface area contributed by atoms with E-state index in [1.54, 1.807) is 7.11 Å². The van der Waals surface area contributed by atoms with Gasteiger partial charge in [0.05, 0.1) is 7.11 Å². The van der Waals surface area contributed by atoms with E-state index >= 15 is 0 Å². The summed E-state index contributed by atoms with van der Waals surface area (Å²) in [6.45, 7) is 4.24. The van der Waals surface area contributed by atoms with Gasteiger partial charge in [0.1, 0.15) is 5.75 Å². The van der Waals surface area contributed by atoms with Crippen molar-refractivity contribution in [1.29, 1.82) is 0 Å². The van der Waals surface area contributed by atoms with Gasteiger partial charge in [-0.3, -0.25) is 0 Å². The second-order valence-corrected chi connectivity index (χ2v) is 5.54. The molecule has 0 aliphatic rings. The van der Waals surface area contributed by atoms with Gasteiger partial charge in [0.15, 0.2) is 0 Å². The molecule has 2 aromatic carbocycles. The summed E-state index contributed by atoms with van der Waals surface area (Å²) in [5.41, 5.74) is 5.09. The number of ether oxygens (including phenoxy) is 1. The number of rotatable bonds is 5. The van der Waals surface area contributed by atoms with Crippen molar-refractivity contribution in [3.05, 3.63) is 64.7 Å². The van der Waals surface area contributed by atoms with Crippen LogP contribution in [0, 0.1) is 13.8 Å². The Kier molecular flexibility index (Phi) is 5.08. The van der Waals surface area contributed by atoms with Crippen molar-refractivity contribution < 1.29 is 4.74 Å². The molecule has 2 rings (SSSR count). The van der Waals surface area contributed by atoms with Gasteiger partial charge in [-0.15, -0.1) is 11.6 Å². The molecule has 0 amide bonds. The molecular formula is C18H21ClO. The number of hydrogen-bond donors (Lipinski definition) is 0. The van der Waals surface area contributed by atoms with Crippen molar-refractivity contribution in [3.63, 3.8) is 0 Å². The van der Waals surface area contributed by atoms with Gasteiger partial charge in [0.25, 0.3) is 0 Å². The van der Waals surface area contributed by atoms with Gasteiger partial charge in [0.2, 0.25) is 0 Å². The van der Waals surface area contributed by atoms with Crippen molar-refractivity contribution in [2.24, 2.45) is 0 Å². The number of hydrogen-bond acceptors (Lipinski definition) is 1. The highest BCUT2D eigenvalue weighted by Crippen LogP contribution is 2.29. The smallest absolute Gasteiger partial charge is 0.122 e. The first-order valence-corrected chi connectivity index (χ1v) is 7.44. The molecule has 2 aromatic rings. The maximum absolute atomic E-state index is 6.22. The van der Waals surface area contributed by atoms with Crippen LogP contribution in [0.25, 0.3) is 0 Å². The lowest BCUT2D eigenvalue weighted by molar-refractivity contribution is 0.408. The van der Waals surface area contributed by atoms with Crippen molar-refractivity contribution in [1.82, 2.24) is 0 Å². The molecule has 0 spiro atoms. The minimum absolute atomic E-state index is 0.313. The highest BCUT2D eigenvalue weighted by molar-refractivity contribution is 6.18. The van der Waals surface area contributed by atoms with Crippen LogP contribution in [-0.2, 0) is 6.42 Å². The first kappa shape index (κ1) is 14.9. The summed E-state index contributed by atoms with van der Waals surface area (Å²) in [5, 5.41) is 0. The zero-order valence-electron chi connectivity index (χ0n) is 12.3. The van der Waals surface area contributed by atoms with Crippen molar-refractivity contribution in [2.75, 3.05) is 13.0 Å². The second-order valence-electron chi connectivity index (χ2n) is 5.23. The molecule has 106 valence electrons. The number of methoxy groups -OCH3 is 1. The third kappa shape index (κ3) is 3.34. The molecule has 0 aliphatic carbocycles. The molecular weight excluding hydrogens is 268 g/mol. The molecule has 1 atom stereocenters. The predicted octanol–water partition coefficient (Wildman–Crippen LogP) is 4.88. The van der Waals surface area contributed by atoms with E-state index in [0.29, 0.717) is 11.8 Å². The van der Waals surface area contributed by atoms with Crippen LogP contribution < -0.4 is 4.74 Å². The summed E-state index contributed by atoms with van der Waals surface area (Å²) < 4.78 is 5.47. The average Bonchev–Trinajstić information content (AvgIpc) is 2.46. The fourth-order valence-corrected chi connectivity index (χ4v) is 2.90. The molecule has 0 N–H and O–H groups in total. The van der Waals surface area contributed by atoms with Gasteiger partial charge in [-0.25, -0.2) is 0 Å². The molecule has 0 saturated carbocycles. The van der Waals surface area contributed by atoms with Crippen LogP contribution >= 0.6 is 11.6 Å². The molecule has 2 heteroatoms. The van der Waals surface area contributed by atoms with E-state index in [2.05, 4.69) is 50.2 Å². The summed E-state index contributed by atoms with van der Waals surface area (Å²) in [5.74, 6) is 1.87. The normalized spacial score (nSPS) is 12.2. The third-order valence-electron chi connectivity index (χ3n) is 3.72. The number of benzene rings is 2. The Hall–Kier alpha value is -1.47. The number of aryl methyl sites for hydroxylation is 2. The Morgan fingerprint density at radius 2 is 1.85 bits per heavy atom. The standard InChI is InChI=1S/C18H21ClO/c1-13-8-9-18(20-3)15(10-13)11-16(12-19)17-7-5-4-6-14(17)2/h4-10,16H,11-12H2,1-3H3. The van der Waals surface area contributed by atoms with Gasteiger partial charge in [-0.1, -0.05) is 42.0 Å². The second kappa shape index (κ2) is 6.81. The Morgan fingerprint density at radius 3 is 2.50 bits per heavy atom. The van der Waals surface area contributed by atoms with E-state index < -0.39 is 0 Å². The van der Waals surface area contributed by atoms with Crippen molar-refractivity contribution in [3.8, 4) is 5.75 Å². The van der Waals surface area contributed by atoms with Crippen LogP contribution in [0.15, 0.2) is 42.5 Å². The quantitative estimate of drug-likeness (QED) is 0.713. The van der Waals surface area contributed by atoms with E-state index in [4.69, 9.17) is 16.3 Å². The first-order valence-electron chi connectivity index (χ1n) is 6.90. The van der Waals surface area contributed by atoms with Crippen LogP contribution in [0.2, 0.25) is 0 Å². The van der Waals surface area contributed by atoms with E-state index in [1.165, 1.54) is 22.3 Å². The summed E-state index contributed by atoms with van der Waals surface area (Å²) in [6, 6.07) is 14.8. The fraction of sp³-hybridized carbons (Fsp3) is 0.333. The maximum atomic E-state index is 6.22. The van der Waals surface area contributed by atoms with Gasteiger partial charge < -0.3 is 4.74 Å². The van der Waals surface area contributed by atoms with Crippen LogP contribution in [0.1, 0.15) is 28.2 Å². The lowest BCUT2D eigenvalue weighted by Gasteiger charge is -2.19. The molecule has 0 saturated heterocycles. The van der Waals surface area contributed by atoms with Crippen molar-refractivity contribution >= 4 is 11.6 Å². The van der Waals surface area contributed by atoms with E-state index in [1.807, 2.05) is 6.07 Å². The molecule has 0 heterocycles. The third-order valence-corrected chi connectivity index (χ3v) is 4.09. The summed E-state index contributed by atoms with van der Waals surface area (Å²) >= 11 is 6.22. The van der Waals surface area contributed by atoms with Gasteiger partial charge in [-0.05, 0) is 43.0 Å². The van der Waals surface area contributed by atoms with Crippen LogP contribution in [0.5, 0.6) is 5.75 Å². The zero-order valence-corrected chi connectivity index (χ0v) is 13.1. The highest BCUT2D eigenvalue weighted by Gasteiger charge is 2.15. The van der Waals surface area contributed by atoms with Gasteiger partial charge in [-0.2, -0.15) is 0 Å². The van der Waals surface area contributed by atoms with Crippen LogP contribution in [0.3, 0.4) is 0 Å². The molecule has 0 aliphatic heterocycles. The van der Waals surface area contributed by atoms with Crippen LogP contribution in [0.4, 0.5) is 0 Å². The SMILES string of the molecule is COc1ccc(C)cc1CC(CCl)c1ccccc1C. The molecule has 0 radical (unpaired) electrons. The van der Waals surface area contributed by atoms with E-state index in [0.717, 1.165) is 12.2 Å². The number of alkyl halides is 1. The molecule has 1 nitrogen and oxygen atoms in total. The first-order chi connectivity index (χ1) is 9.65. The molecule has 1 unspecified atom stereocenters. The van der Waals surface area contributed by atoms with Crippen molar-refractivity contribution in [2.45, 2.75) is 26.2 Å². The van der Waals surface area contributed by atoms with E-state index in [-0.39, 0.29) is 0 Å². The monoisotopic (exact) mass is 288 g/mol. The Labute approximate surface area is 126 Å². The van der Waals surface area contributed by atoms with Gasteiger partial charge >= 0.3 is 0 Å². The lowest BCUT2D eigenvalue weighted by atomic mass is 9.90. The lowest BCUT2D eigenvalue weighted by Crippen LogP contribution is -2.07. The summed E-state index contributed by atoms with van der Waals surface area (Å²) in [4.78, 5) is 0.